The summed E-state index contributed by atoms with van der Waals surface area (Å²) in [5, 5.41) is 12.2. The van der Waals surface area contributed by atoms with Crippen LogP contribution in [-0.2, 0) is 0 Å². The molecule has 1 saturated heterocycles. The van der Waals surface area contributed by atoms with E-state index < -0.39 is 5.97 Å². The highest BCUT2D eigenvalue weighted by molar-refractivity contribution is 7.99. The number of thioether (sulfide) groups is 1. The maximum absolute atomic E-state index is 10.9. The van der Waals surface area contributed by atoms with Crippen molar-refractivity contribution in [1.29, 1.82) is 0 Å². The average Bonchev–Trinajstić information content (AvgIpc) is 2.41. The largest absolute Gasteiger partial charge is 0.476 e. The number of hydrogen-bond donors (Lipinski definition) is 2. The van der Waals surface area contributed by atoms with Crippen LogP contribution >= 0.6 is 23.4 Å². The second-order valence-corrected chi connectivity index (χ2v) is 5.84. The first-order valence-corrected chi connectivity index (χ1v) is 7.64. The molecular formula is C12H16ClN3O2S. The molecule has 2 N–H and O–H groups in total. The standard InChI is InChI=1S/C12H16ClN3O2S/c13-9-1-2-10(15-11(9)12(17)18)14-3-4-16-5-7-19-8-6-16/h1-2H,3-8H2,(H,14,15)(H,17,18). The number of carboxylic acid groups (broad SMARTS) is 1. The maximum Gasteiger partial charge on any atom is 0.356 e. The van der Waals surface area contributed by atoms with E-state index >= 15 is 0 Å². The summed E-state index contributed by atoms with van der Waals surface area (Å²) in [4.78, 5) is 17.3. The predicted octanol–water partition coefficient (Wildman–Crippen LogP) is 1.89. The molecule has 19 heavy (non-hydrogen) atoms. The number of nitrogens with one attached hydrogen (secondary N) is 1. The van der Waals surface area contributed by atoms with Crippen LogP contribution in [0.4, 0.5) is 5.82 Å². The van der Waals surface area contributed by atoms with E-state index in [2.05, 4.69) is 15.2 Å². The Hall–Kier alpha value is -0.980. The summed E-state index contributed by atoms with van der Waals surface area (Å²) in [5.74, 6) is 1.81. The molecule has 2 rings (SSSR count). The van der Waals surface area contributed by atoms with Gasteiger partial charge in [0.2, 0.25) is 0 Å². The molecular weight excluding hydrogens is 286 g/mol. The first kappa shape index (κ1) is 14.4. The second-order valence-electron chi connectivity index (χ2n) is 4.21. The molecule has 0 radical (unpaired) electrons. The van der Waals surface area contributed by atoms with E-state index in [9.17, 15) is 4.79 Å². The first-order chi connectivity index (χ1) is 9.16. The zero-order valence-electron chi connectivity index (χ0n) is 10.4. The monoisotopic (exact) mass is 301 g/mol. The quantitative estimate of drug-likeness (QED) is 0.866. The minimum Gasteiger partial charge on any atom is -0.476 e. The number of aromatic nitrogens is 1. The second kappa shape index (κ2) is 6.98. The Kier molecular flexibility index (Phi) is 5.30. The Morgan fingerprint density at radius 1 is 1.47 bits per heavy atom. The smallest absolute Gasteiger partial charge is 0.356 e. The lowest BCUT2D eigenvalue weighted by atomic mass is 10.3. The van der Waals surface area contributed by atoms with E-state index in [1.54, 1.807) is 12.1 Å². The Morgan fingerprint density at radius 2 is 2.21 bits per heavy atom. The van der Waals surface area contributed by atoms with Crippen LogP contribution in [0.25, 0.3) is 0 Å². The van der Waals surface area contributed by atoms with E-state index in [1.165, 1.54) is 11.5 Å². The fraction of sp³-hybridized carbons (Fsp3) is 0.500. The van der Waals surface area contributed by atoms with Crippen LogP contribution in [-0.4, -0.2) is 58.6 Å². The molecule has 5 nitrogen and oxygen atoms in total. The normalized spacial score (nSPS) is 16.3. The van der Waals surface area contributed by atoms with Gasteiger partial charge in [0.25, 0.3) is 0 Å². The molecule has 1 aromatic heterocycles. The molecule has 1 aromatic rings. The van der Waals surface area contributed by atoms with Crippen molar-refractivity contribution in [2.75, 3.05) is 43.0 Å². The lowest BCUT2D eigenvalue weighted by Gasteiger charge is -2.26. The maximum atomic E-state index is 10.9. The summed E-state index contributed by atoms with van der Waals surface area (Å²) >= 11 is 7.75. The van der Waals surface area contributed by atoms with Crippen molar-refractivity contribution in [3.05, 3.63) is 22.8 Å². The topological polar surface area (TPSA) is 65.5 Å². The van der Waals surface area contributed by atoms with Gasteiger partial charge in [-0.2, -0.15) is 11.8 Å². The number of carboxylic acids is 1. The molecule has 2 heterocycles. The van der Waals surface area contributed by atoms with Gasteiger partial charge < -0.3 is 10.4 Å². The molecule has 7 heteroatoms. The third-order valence-corrected chi connectivity index (χ3v) is 4.13. The molecule has 1 aliphatic heterocycles. The molecule has 1 aliphatic rings. The summed E-state index contributed by atoms with van der Waals surface area (Å²) in [6.45, 7) is 3.91. The van der Waals surface area contributed by atoms with Crippen LogP contribution in [0.1, 0.15) is 10.5 Å². The van der Waals surface area contributed by atoms with Gasteiger partial charge in [-0.3, -0.25) is 4.90 Å². The number of hydrogen-bond acceptors (Lipinski definition) is 5. The number of nitrogens with zero attached hydrogens (tertiary/aromatic N) is 2. The molecule has 0 saturated carbocycles. The Bertz CT molecular complexity index is 453. The minimum absolute atomic E-state index is 0.110. The minimum atomic E-state index is -1.11. The lowest BCUT2D eigenvalue weighted by Crippen LogP contribution is -2.36. The van der Waals surface area contributed by atoms with E-state index in [0.29, 0.717) is 5.82 Å². The number of anilines is 1. The van der Waals surface area contributed by atoms with Crippen molar-refractivity contribution in [2.45, 2.75) is 0 Å². The van der Waals surface area contributed by atoms with Crippen molar-refractivity contribution < 1.29 is 9.90 Å². The van der Waals surface area contributed by atoms with E-state index in [1.807, 2.05) is 11.8 Å². The van der Waals surface area contributed by atoms with E-state index in [4.69, 9.17) is 16.7 Å². The van der Waals surface area contributed by atoms with E-state index in [-0.39, 0.29) is 10.7 Å². The summed E-state index contributed by atoms with van der Waals surface area (Å²) < 4.78 is 0. The number of carbonyl (C=O) groups is 1. The fourth-order valence-electron chi connectivity index (χ4n) is 1.86. The number of halogens is 1. The zero-order chi connectivity index (χ0) is 13.7. The van der Waals surface area contributed by atoms with Crippen molar-refractivity contribution in [3.63, 3.8) is 0 Å². The Labute approximate surface area is 121 Å². The molecule has 104 valence electrons. The highest BCUT2D eigenvalue weighted by Gasteiger charge is 2.12. The van der Waals surface area contributed by atoms with E-state index in [0.717, 1.165) is 26.2 Å². The molecule has 0 unspecified atom stereocenters. The van der Waals surface area contributed by atoms with Crippen LogP contribution < -0.4 is 5.32 Å². The third-order valence-electron chi connectivity index (χ3n) is 2.89. The van der Waals surface area contributed by atoms with Crippen LogP contribution in [0.3, 0.4) is 0 Å². The average molecular weight is 302 g/mol. The van der Waals surface area contributed by atoms with Gasteiger partial charge in [-0.25, -0.2) is 9.78 Å². The lowest BCUT2D eigenvalue weighted by molar-refractivity contribution is 0.0691. The van der Waals surface area contributed by atoms with Crippen LogP contribution in [0, 0.1) is 0 Å². The molecule has 0 aliphatic carbocycles. The van der Waals surface area contributed by atoms with Crippen LogP contribution in [0.5, 0.6) is 0 Å². The van der Waals surface area contributed by atoms with Gasteiger partial charge >= 0.3 is 5.97 Å². The van der Waals surface area contributed by atoms with Crippen LogP contribution in [0.15, 0.2) is 12.1 Å². The number of pyridine rings is 1. The third kappa shape index (κ3) is 4.26. The van der Waals surface area contributed by atoms with Crippen LogP contribution in [0.2, 0.25) is 5.02 Å². The van der Waals surface area contributed by atoms with Crippen molar-refractivity contribution >= 4 is 35.1 Å². The Balaban J connectivity index is 1.85. The van der Waals surface area contributed by atoms with Crippen molar-refractivity contribution in [1.82, 2.24) is 9.88 Å². The zero-order valence-corrected chi connectivity index (χ0v) is 12.0. The molecule has 0 aromatic carbocycles. The first-order valence-electron chi connectivity index (χ1n) is 6.10. The van der Waals surface area contributed by atoms with Gasteiger partial charge in [0, 0.05) is 37.7 Å². The van der Waals surface area contributed by atoms with Gasteiger partial charge in [0.1, 0.15) is 5.82 Å². The number of rotatable bonds is 5. The fourth-order valence-corrected chi connectivity index (χ4v) is 3.02. The SMILES string of the molecule is O=C(O)c1nc(NCCN2CCSCC2)ccc1Cl. The van der Waals surface area contributed by atoms with Crippen molar-refractivity contribution in [2.24, 2.45) is 0 Å². The highest BCUT2D eigenvalue weighted by Crippen LogP contribution is 2.16. The van der Waals surface area contributed by atoms with Crippen molar-refractivity contribution in [3.8, 4) is 0 Å². The molecule has 0 amide bonds. The molecule has 1 fully saturated rings. The molecule has 0 atom stereocenters. The number of aromatic carboxylic acids is 1. The van der Waals surface area contributed by atoms with Gasteiger partial charge in [-0.05, 0) is 12.1 Å². The molecule has 0 bridgehead atoms. The Morgan fingerprint density at radius 3 is 2.89 bits per heavy atom. The van der Waals surface area contributed by atoms with Gasteiger partial charge in [0.05, 0.1) is 5.02 Å². The summed E-state index contributed by atoms with van der Waals surface area (Å²) in [5.41, 5.74) is -0.110. The van der Waals surface area contributed by atoms with Gasteiger partial charge in [0.15, 0.2) is 5.69 Å². The van der Waals surface area contributed by atoms with Gasteiger partial charge in [-0.15, -0.1) is 0 Å². The summed E-state index contributed by atoms with van der Waals surface area (Å²) in [6, 6.07) is 3.25. The summed E-state index contributed by atoms with van der Waals surface area (Å²) in [7, 11) is 0. The molecule has 0 spiro atoms. The highest BCUT2D eigenvalue weighted by atomic mass is 35.5. The van der Waals surface area contributed by atoms with Gasteiger partial charge in [-0.1, -0.05) is 11.6 Å². The predicted molar refractivity (Wildman–Crippen MR) is 78.5 cm³/mol. The summed E-state index contributed by atoms with van der Waals surface area (Å²) in [6.07, 6.45) is 0.